The maximum atomic E-state index is 12.9. The highest BCUT2D eigenvalue weighted by Crippen LogP contribution is 2.38. The third-order valence-corrected chi connectivity index (χ3v) is 6.18. The molecule has 0 saturated heterocycles. The molecule has 160 valence electrons. The Morgan fingerprint density at radius 3 is 2.70 bits per heavy atom. The highest BCUT2D eigenvalue weighted by Gasteiger charge is 2.31. The van der Waals surface area contributed by atoms with E-state index in [1.54, 1.807) is 6.92 Å². The van der Waals surface area contributed by atoms with Gasteiger partial charge in [0.05, 0.1) is 17.7 Å². The Morgan fingerprint density at radius 1 is 1.27 bits per heavy atom. The monoisotopic (exact) mass is 457 g/mol. The molecule has 1 aliphatic rings. The van der Waals surface area contributed by atoms with Gasteiger partial charge in [-0.2, -0.15) is 13.2 Å². The lowest BCUT2D eigenvalue weighted by Crippen LogP contribution is -2.14. The SMILES string of the molecule is CCOC(=O)c1c(NC(=O)/C=C/c2cc(C(F)(F)F)ccc2Cl)sc2c1CCCC2. The fourth-order valence-electron chi connectivity index (χ4n) is 3.24. The number of alkyl halides is 3. The van der Waals surface area contributed by atoms with Crippen molar-refractivity contribution in [1.82, 2.24) is 0 Å². The second kappa shape index (κ2) is 9.22. The lowest BCUT2D eigenvalue weighted by atomic mass is 9.95. The number of rotatable bonds is 5. The first-order valence-corrected chi connectivity index (χ1v) is 10.6. The fourth-order valence-corrected chi connectivity index (χ4v) is 4.70. The number of ether oxygens (including phenoxy) is 1. The van der Waals surface area contributed by atoms with Gasteiger partial charge in [-0.25, -0.2) is 4.79 Å². The van der Waals surface area contributed by atoms with Gasteiger partial charge in [-0.1, -0.05) is 11.6 Å². The van der Waals surface area contributed by atoms with Crippen LogP contribution in [-0.2, 0) is 28.5 Å². The van der Waals surface area contributed by atoms with E-state index in [1.165, 1.54) is 17.4 Å². The van der Waals surface area contributed by atoms with E-state index < -0.39 is 23.6 Å². The molecule has 0 unspecified atom stereocenters. The van der Waals surface area contributed by atoms with Gasteiger partial charge in [-0.15, -0.1) is 11.3 Å². The van der Waals surface area contributed by atoms with Gasteiger partial charge in [-0.05, 0) is 68.0 Å². The predicted molar refractivity (Wildman–Crippen MR) is 111 cm³/mol. The standard InChI is InChI=1S/C21H19ClF3NO3S/c1-2-29-20(28)18-14-5-3-4-6-16(14)30-19(18)26-17(27)10-7-12-11-13(21(23,24)25)8-9-15(12)22/h7-11H,2-6H2,1H3,(H,26,27)/b10-7+. The zero-order chi connectivity index (χ0) is 21.9. The number of hydrogen-bond acceptors (Lipinski definition) is 4. The molecule has 0 radical (unpaired) electrons. The van der Waals surface area contributed by atoms with Gasteiger partial charge >= 0.3 is 12.1 Å². The second-order valence-electron chi connectivity index (χ2n) is 6.69. The van der Waals surface area contributed by atoms with Crippen molar-refractivity contribution in [2.75, 3.05) is 11.9 Å². The molecule has 1 amide bonds. The van der Waals surface area contributed by atoms with Crippen LogP contribution < -0.4 is 5.32 Å². The zero-order valence-electron chi connectivity index (χ0n) is 16.1. The van der Waals surface area contributed by atoms with E-state index in [0.29, 0.717) is 10.6 Å². The summed E-state index contributed by atoms with van der Waals surface area (Å²) in [6.45, 7) is 1.92. The summed E-state index contributed by atoms with van der Waals surface area (Å²) in [5.74, 6) is -1.07. The van der Waals surface area contributed by atoms with Crippen LogP contribution >= 0.6 is 22.9 Å². The van der Waals surface area contributed by atoms with Crippen molar-refractivity contribution in [3.05, 3.63) is 56.4 Å². The molecule has 1 aliphatic carbocycles. The van der Waals surface area contributed by atoms with Gasteiger partial charge in [0.15, 0.2) is 0 Å². The van der Waals surface area contributed by atoms with Crippen molar-refractivity contribution in [3.63, 3.8) is 0 Å². The minimum atomic E-state index is -4.51. The van der Waals surface area contributed by atoms with E-state index in [4.69, 9.17) is 16.3 Å². The number of esters is 1. The second-order valence-corrected chi connectivity index (χ2v) is 8.20. The average molecular weight is 458 g/mol. The fraction of sp³-hybridized carbons (Fsp3) is 0.333. The largest absolute Gasteiger partial charge is 0.462 e. The van der Waals surface area contributed by atoms with Crippen molar-refractivity contribution >= 4 is 45.9 Å². The highest BCUT2D eigenvalue weighted by atomic mass is 35.5. The van der Waals surface area contributed by atoms with Crippen LogP contribution in [0.15, 0.2) is 24.3 Å². The molecule has 1 aromatic carbocycles. The van der Waals surface area contributed by atoms with Crippen LogP contribution in [0.25, 0.3) is 6.08 Å². The maximum absolute atomic E-state index is 12.9. The lowest BCUT2D eigenvalue weighted by molar-refractivity contribution is -0.137. The first kappa shape index (κ1) is 22.4. The number of aryl methyl sites for hydroxylation is 1. The summed E-state index contributed by atoms with van der Waals surface area (Å²) in [5, 5.41) is 3.15. The molecule has 0 fully saturated rings. The average Bonchev–Trinajstić information content (AvgIpc) is 3.04. The van der Waals surface area contributed by atoms with Crippen LogP contribution in [0, 0.1) is 0 Å². The van der Waals surface area contributed by atoms with E-state index in [1.807, 2.05) is 0 Å². The maximum Gasteiger partial charge on any atom is 0.416 e. The number of benzene rings is 1. The van der Waals surface area contributed by atoms with Crippen molar-refractivity contribution in [2.45, 2.75) is 38.8 Å². The summed E-state index contributed by atoms with van der Waals surface area (Å²) in [6, 6.07) is 2.88. The molecule has 30 heavy (non-hydrogen) atoms. The molecule has 3 rings (SSSR count). The number of halogens is 4. The van der Waals surface area contributed by atoms with Crippen LogP contribution in [0.1, 0.15) is 51.7 Å². The molecule has 0 bridgehead atoms. The normalized spacial score (nSPS) is 13.9. The number of nitrogens with one attached hydrogen (secondary N) is 1. The van der Waals surface area contributed by atoms with E-state index >= 15 is 0 Å². The van der Waals surface area contributed by atoms with Crippen molar-refractivity contribution < 1.29 is 27.5 Å². The Bertz CT molecular complexity index is 998. The molecule has 0 saturated carbocycles. The topological polar surface area (TPSA) is 55.4 Å². The summed E-state index contributed by atoms with van der Waals surface area (Å²) in [4.78, 5) is 25.9. The van der Waals surface area contributed by atoms with E-state index in [9.17, 15) is 22.8 Å². The third-order valence-electron chi connectivity index (χ3n) is 4.63. The van der Waals surface area contributed by atoms with Crippen LogP contribution in [0.5, 0.6) is 0 Å². The van der Waals surface area contributed by atoms with Crippen LogP contribution in [0.4, 0.5) is 18.2 Å². The molecule has 0 spiro atoms. The van der Waals surface area contributed by atoms with Crippen molar-refractivity contribution in [3.8, 4) is 0 Å². The summed E-state index contributed by atoms with van der Waals surface area (Å²) >= 11 is 7.28. The van der Waals surface area contributed by atoms with Gasteiger partial charge < -0.3 is 10.1 Å². The molecule has 4 nitrogen and oxygen atoms in total. The van der Waals surface area contributed by atoms with E-state index in [0.717, 1.165) is 60.4 Å². The van der Waals surface area contributed by atoms with Gasteiger partial charge in [-0.3, -0.25) is 4.79 Å². The van der Waals surface area contributed by atoms with Gasteiger partial charge in [0, 0.05) is 16.0 Å². The van der Waals surface area contributed by atoms with E-state index in [2.05, 4.69) is 5.32 Å². The Balaban J connectivity index is 1.83. The Morgan fingerprint density at radius 2 is 2.00 bits per heavy atom. The smallest absolute Gasteiger partial charge is 0.416 e. The molecule has 9 heteroatoms. The van der Waals surface area contributed by atoms with Gasteiger partial charge in [0.2, 0.25) is 5.91 Å². The quantitative estimate of drug-likeness (QED) is 0.434. The van der Waals surface area contributed by atoms with Crippen LogP contribution in [-0.4, -0.2) is 18.5 Å². The molecular weight excluding hydrogens is 439 g/mol. The third kappa shape index (κ3) is 5.05. The zero-order valence-corrected chi connectivity index (χ0v) is 17.6. The molecule has 1 aromatic heterocycles. The predicted octanol–water partition coefficient (Wildman–Crippen LogP) is 6.13. The van der Waals surface area contributed by atoms with Gasteiger partial charge in [0.1, 0.15) is 5.00 Å². The summed E-state index contributed by atoms with van der Waals surface area (Å²) in [6.07, 6.45) is 1.33. The van der Waals surface area contributed by atoms with E-state index in [-0.39, 0.29) is 17.2 Å². The minimum absolute atomic E-state index is 0.0673. The van der Waals surface area contributed by atoms with Crippen molar-refractivity contribution in [2.24, 2.45) is 0 Å². The number of carbonyl (C=O) groups excluding carboxylic acids is 2. The number of anilines is 1. The first-order chi connectivity index (χ1) is 14.2. The molecular formula is C21H19ClF3NO3S. The number of carbonyl (C=O) groups is 2. The molecule has 2 aromatic rings. The minimum Gasteiger partial charge on any atom is -0.462 e. The lowest BCUT2D eigenvalue weighted by Gasteiger charge is -2.12. The van der Waals surface area contributed by atoms with Crippen LogP contribution in [0.3, 0.4) is 0 Å². The Kier molecular flexibility index (Phi) is 6.88. The van der Waals surface area contributed by atoms with Crippen molar-refractivity contribution in [1.29, 1.82) is 0 Å². The molecule has 0 atom stereocenters. The number of thiophene rings is 1. The number of hydrogen-bond donors (Lipinski definition) is 1. The molecule has 0 aliphatic heterocycles. The first-order valence-electron chi connectivity index (χ1n) is 9.38. The Hall–Kier alpha value is -2.32. The summed E-state index contributed by atoms with van der Waals surface area (Å²) in [5.41, 5.74) is 0.487. The van der Waals surface area contributed by atoms with Crippen LogP contribution in [0.2, 0.25) is 5.02 Å². The highest BCUT2D eigenvalue weighted by molar-refractivity contribution is 7.17. The van der Waals surface area contributed by atoms with Gasteiger partial charge in [0.25, 0.3) is 0 Å². The molecule has 1 heterocycles. The Labute approximate surface area is 180 Å². The number of fused-ring (bicyclic) bond motifs is 1. The number of amides is 1. The summed E-state index contributed by atoms with van der Waals surface area (Å²) in [7, 11) is 0. The molecule has 1 N–H and O–H groups in total. The summed E-state index contributed by atoms with van der Waals surface area (Å²) < 4.78 is 43.8.